The minimum absolute atomic E-state index is 0.212. The van der Waals surface area contributed by atoms with Gasteiger partial charge in [-0.05, 0) is 12.8 Å². The highest BCUT2D eigenvalue weighted by Crippen LogP contribution is 2.33. The van der Waals surface area contributed by atoms with E-state index >= 15 is 0 Å². The Bertz CT molecular complexity index is 403. The summed E-state index contributed by atoms with van der Waals surface area (Å²) < 4.78 is 5.64. The van der Waals surface area contributed by atoms with E-state index in [1.54, 1.807) is 0 Å². The van der Waals surface area contributed by atoms with Gasteiger partial charge in [0.2, 0.25) is 5.89 Å². The number of aromatic nitrogens is 2. The predicted octanol–water partition coefficient (Wildman–Crippen LogP) is 3.61. The summed E-state index contributed by atoms with van der Waals surface area (Å²) in [6.07, 6.45) is 6.76. The van der Waals surface area contributed by atoms with Crippen molar-refractivity contribution in [2.75, 3.05) is 0 Å². The molecule has 0 amide bonds. The quantitative estimate of drug-likeness (QED) is 0.858. The summed E-state index contributed by atoms with van der Waals surface area (Å²) in [6.45, 7) is 6.57. The Kier molecular flexibility index (Phi) is 4.56. The normalized spacial score (nSPS) is 20.2. The molecule has 1 heterocycles. The predicted molar refractivity (Wildman–Crippen MR) is 78.9 cm³/mol. The van der Waals surface area contributed by atoms with Crippen molar-refractivity contribution < 1.29 is 4.52 Å². The minimum atomic E-state index is -0.395. The molecule has 2 rings (SSSR count). The van der Waals surface area contributed by atoms with E-state index in [0.717, 1.165) is 37.3 Å². The van der Waals surface area contributed by atoms with E-state index in [4.69, 9.17) is 10.3 Å². The third kappa shape index (κ3) is 4.21. The molecule has 1 aliphatic rings. The van der Waals surface area contributed by atoms with Gasteiger partial charge in [-0.15, -0.1) is 11.8 Å². The SMILES string of the molecule is CC(C)(C)SCc1noc(C2(N)CCCCCC2)n1. The van der Waals surface area contributed by atoms with Gasteiger partial charge in [0.25, 0.3) is 0 Å². The first kappa shape index (κ1) is 14.9. The van der Waals surface area contributed by atoms with Crippen molar-refractivity contribution in [2.45, 2.75) is 75.3 Å². The van der Waals surface area contributed by atoms with Crippen LogP contribution in [0.15, 0.2) is 4.52 Å². The van der Waals surface area contributed by atoms with Gasteiger partial charge in [-0.3, -0.25) is 0 Å². The molecule has 1 aromatic rings. The molecular weight excluding hydrogens is 258 g/mol. The molecule has 19 heavy (non-hydrogen) atoms. The third-order valence-electron chi connectivity index (χ3n) is 3.52. The van der Waals surface area contributed by atoms with E-state index in [1.807, 2.05) is 11.8 Å². The van der Waals surface area contributed by atoms with Crippen LogP contribution in [0.1, 0.15) is 71.0 Å². The highest BCUT2D eigenvalue weighted by atomic mass is 32.2. The number of rotatable bonds is 3. The lowest BCUT2D eigenvalue weighted by molar-refractivity contribution is 0.256. The van der Waals surface area contributed by atoms with Crippen LogP contribution in [0.4, 0.5) is 0 Å². The van der Waals surface area contributed by atoms with E-state index in [2.05, 4.69) is 30.9 Å². The standard InChI is InChI=1S/C14H25N3OS/c1-13(2,3)19-10-11-16-12(18-17-11)14(15)8-6-4-5-7-9-14/h4-10,15H2,1-3H3. The molecule has 0 unspecified atom stereocenters. The van der Waals surface area contributed by atoms with Crippen LogP contribution in [0, 0.1) is 0 Å². The maximum atomic E-state index is 6.47. The fraction of sp³-hybridized carbons (Fsp3) is 0.857. The van der Waals surface area contributed by atoms with E-state index in [0.29, 0.717) is 5.89 Å². The Morgan fingerprint density at radius 2 is 1.84 bits per heavy atom. The number of nitrogens with two attached hydrogens (primary N) is 1. The van der Waals surface area contributed by atoms with Gasteiger partial charge in [0.05, 0.1) is 11.3 Å². The molecule has 0 aliphatic heterocycles. The summed E-state index contributed by atoms with van der Waals surface area (Å²) >= 11 is 1.82. The van der Waals surface area contributed by atoms with Crippen molar-refractivity contribution in [3.05, 3.63) is 11.7 Å². The average Bonchev–Trinajstić information content (AvgIpc) is 2.70. The van der Waals surface area contributed by atoms with Crippen LogP contribution >= 0.6 is 11.8 Å². The maximum Gasteiger partial charge on any atom is 0.246 e. The van der Waals surface area contributed by atoms with Gasteiger partial charge in [-0.1, -0.05) is 51.6 Å². The fourth-order valence-corrected chi connectivity index (χ4v) is 3.05. The number of hydrogen-bond donors (Lipinski definition) is 1. The van der Waals surface area contributed by atoms with Crippen LogP contribution in [-0.4, -0.2) is 14.9 Å². The molecule has 1 aromatic heterocycles. The van der Waals surface area contributed by atoms with Crippen molar-refractivity contribution in [1.29, 1.82) is 0 Å². The molecule has 0 aromatic carbocycles. The molecule has 0 saturated heterocycles. The topological polar surface area (TPSA) is 64.9 Å². The second kappa shape index (κ2) is 5.83. The minimum Gasteiger partial charge on any atom is -0.337 e. The molecule has 0 atom stereocenters. The van der Waals surface area contributed by atoms with Crippen molar-refractivity contribution in [1.82, 2.24) is 10.1 Å². The molecular formula is C14H25N3OS. The maximum absolute atomic E-state index is 6.47. The van der Waals surface area contributed by atoms with Crippen molar-refractivity contribution in [3.63, 3.8) is 0 Å². The lowest BCUT2D eigenvalue weighted by Gasteiger charge is -2.22. The molecule has 0 spiro atoms. The molecule has 1 aliphatic carbocycles. The first-order chi connectivity index (χ1) is 8.89. The van der Waals surface area contributed by atoms with Gasteiger partial charge >= 0.3 is 0 Å². The summed E-state index contributed by atoms with van der Waals surface area (Å²) in [4.78, 5) is 4.53. The molecule has 108 valence electrons. The third-order valence-corrected chi connectivity index (χ3v) is 4.79. The fourth-order valence-electron chi connectivity index (χ4n) is 2.37. The van der Waals surface area contributed by atoms with Crippen LogP contribution < -0.4 is 5.73 Å². The first-order valence-electron chi connectivity index (χ1n) is 7.15. The van der Waals surface area contributed by atoms with Crippen molar-refractivity contribution in [2.24, 2.45) is 5.73 Å². The van der Waals surface area contributed by atoms with Gasteiger partial charge in [-0.2, -0.15) is 4.98 Å². The van der Waals surface area contributed by atoms with Gasteiger partial charge in [0.1, 0.15) is 0 Å². The zero-order valence-corrected chi connectivity index (χ0v) is 13.1. The first-order valence-corrected chi connectivity index (χ1v) is 8.14. The van der Waals surface area contributed by atoms with Gasteiger partial charge in [-0.25, -0.2) is 0 Å². The lowest BCUT2D eigenvalue weighted by Crippen LogP contribution is -2.36. The Morgan fingerprint density at radius 3 is 2.42 bits per heavy atom. The lowest BCUT2D eigenvalue weighted by atomic mass is 9.91. The Morgan fingerprint density at radius 1 is 1.21 bits per heavy atom. The van der Waals surface area contributed by atoms with Crippen LogP contribution in [-0.2, 0) is 11.3 Å². The van der Waals surface area contributed by atoms with Gasteiger partial charge in [0, 0.05) is 4.75 Å². The molecule has 1 fully saturated rings. The number of hydrogen-bond acceptors (Lipinski definition) is 5. The zero-order chi connectivity index (χ0) is 13.9. The largest absolute Gasteiger partial charge is 0.337 e. The summed E-state index contributed by atoms with van der Waals surface area (Å²) in [5.74, 6) is 2.19. The van der Waals surface area contributed by atoms with E-state index < -0.39 is 5.54 Å². The molecule has 2 N–H and O–H groups in total. The van der Waals surface area contributed by atoms with Crippen LogP contribution in [0.25, 0.3) is 0 Å². The monoisotopic (exact) mass is 283 g/mol. The van der Waals surface area contributed by atoms with E-state index in [1.165, 1.54) is 12.8 Å². The van der Waals surface area contributed by atoms with E-state index in [9.17, 15) is 0 Å². The summed E-state index contributed by atoms with van der Waals surface area (Å²) in [7, 11) is 0. The van der Waals surface area contributed by atoms with Crippen LogP contribution in [0.3, 0.4) is 0 Å². The smallest absolute Gasteiger partial charge is 0.246 e. The molecule has 5 heteroatoms. The Hall–Kier alpha value is -0.550. The second-order valence-corrected chi connectivity index (χ2v) is 8.29. The van der Waals surface area contributed by atoms with Crippen LogP contribution in [0.2, 0.25) is 0 Å². The molecule has 0 radical (unpaired) electrons. The number of nitrogens with zero attached hydrogens (tertiary/aromatic N) is 2. The summed E-state index contributed by atoms with van der Waals surface area (Å²) in [5.41, 5.74) is 6.08. The van der Waals surface area contributed by atoms with E-state index in [-0.39, 0.29) is 4.75 Å². The zero-order valence-electron chi connectivity index (χ0n) is 12.2. The highest BCUT2D eigenvalue weighted by molar-refractivity contribution is 7.99. The van der Waals surface area contributed by atoms with Gasteiger partial charge in [0.15, 0.2) is 5.82 Å². The summed E-state index contributed by atoms with van der Waals surface area (Å²) in [6, 6.07) is 0. The van der Waals surface area contributed by atoms with Crippen molar-refractivity contribution >= 4 is 11.8 Å². The summed E-state index contributed by atoms with van der Waals surface area (Å²) in [5, 5.41) is 4.08. The Labute approximate surface area is 119 Å². The molecule has 1 saturated carbocycles. The van der Waals surface area contributed by atoms with Crippen molar-refractivity contribution in [3.8, 4) is 0 Å². The van der Waals surface area contributed by atoms with Gasteiger partial charge < -0.3 is 10.3 Å². The molecule has 4 nitrogen and oxygen atoms in total. The Balaban J connectivity index is 2.03. The van der Waals surface area contributed by atoms with Crippen LogP contribution in [0.5, 0.6) is 0 Å². The number of thioether (sulfide) groups is 1. The average molecular weight is 283 g/mol. The second-order valence-electron chi connectivity index (χ2n) is 6.49. The highest BCUT2D eigenvalue weighted by Gasteiger charge is 2.34. The molecule has 0 bridgehead atoms.